The molecule has 2 rings (SSSR count). The van der Waals surface area contributed by atoms with Gasteiger partial charge in [0.2, 0.25) is 5.91 Å². The van der Waals surface area contributed by atoms with E-state index in [1.165, 1.54) is 11.8 Å². The van der Waals surface area contributed by atoms with Crippen LogP contribution in [0.5, 0.6) is 0 Å². The first-order valence-electron chi connectivity index (χ1n) is 6.36. The van der Waals surface area contributed by atoms with Crippen molar-refractivity contribution in [2.75, 3.05) is 25.5 Å². The van der Waals surface area contributed by atoms with E-state index in [9.17, 15) is 14.7 Å². The number of carbonyl (C=O) groups is 2. The Morgan fingerprint density at radius 2 is 2.20 bits per heavy atom. The summed E-state index contributed by atoms with van der Waals surface area (Å²) in [5, 5.41) is 14.1. The molecule has 0 saturated carbocycles. The maximum Gasteiger partial charge on any atom is 0.311 e. The van der Waals surface area contributed by atoms with Gasteiger partial charge in [-0.1, -0.05) is 6.07 Å². The number of thioether (sulfide) groups is 1. The Bertz CT molecular complexity index is 455. The largest absolute Gasteiger partial charge is 0.481 e. The molecule has 2 heterocycles. The van der Waals surface area contributed by atoms with E-state index in [2.05, 4.69) is 5.32 Å². The summed E-state index contributed by atoms with van der Waals surface area (Å²) in [6.45, 7) is 1.05. The van der Waals surface area contributed by atoms with Crippen LogP contribution >= 0.6 is 23.1 Å². The van der Waals surface area contributed by atoms with Gasteiger partial charge < -0.3 is 15.2 Å². The fourth-order valence-electron chi connectivity index (χ4n) is 2.03. The number of carboxylic acid groups (broad SMARTS) is 1. The van der Waals surface area contributed by atoms with Crippen molar-refractivity contribution in [2.45, 2.75) is 17.1 Å². The zero-order chi connectivity index (χ0) is 14.4. The van der Waals surface area contributed by atoms with Crippen molar-refractivity contribution in [1.82, 2.24) is 5.32 Å². The predicted molar refractivity (Wildman–Crippen MR) is 78.2 cm³/mol. The van der Waals surface area contributed by atoms with Crippen molar-refractivity contribution in [3.8, 4) is 0 Å². The minimum atomic E-state index is -0.874. The maximum atomic E-state index is 11.8. The molecule has 1 saturated heterocycles. The van der Waals surface area contributed by atoms with Crippen LogP contribution in [0.3, 0.4) is 0 Å². The highest BCUT2D eigenvalue weighted by molar-refractivity contribution is 8.01. The molecule has 1 aromatic heterocycles. The Morgan fingerprint density at radius 3 is 2.80 bits per heavy atom. The SMILES string of the molecule is O=C(CSc1cccs1)NCC1(C(=O)O)CCOCC1. The molecule has 0 bridgehead atoms. The molecule has 0 aromatic carbocycles. The maximum absolute atomic E-state index is 11.8. The first kappa shape index (κ1) is 15.3. The van der Waals surface area contributed by atoms with Crippen molar-refractivity contribution in [3.63, 3.8) is 0 Å². The number of ether oxygens (including phenoxy) is 1. The second kappa shape index (κ2) is 7.10. The van der Waals surface area contributed by atoms with Gasteiger partial charge in [0.15, 0.2) is 0 Å². The monoisotopic (exact) mass is 315 g/mol. The van der Waals surface area contributed by atoms with Crippen LogP contribution in [0, 0.1) is 5.41 Å². The molecule has 0 unspecified atom stereocenters. The summed E-state index contributed by atoms with van der Waals surface area (Å²) < 4.78 is 6.28. The fraction of sp³-hybridized carbons (Fsp3) is 0.538. The molecule has 0 atom stereocenters. The summed E-state index contributed by atoms with van der Waals surface area (Å²) in [6.07, 6.45) is 0.890. The van der Waals surface area contributed by atoms with E-state index in [1.807, 2.05) is 17.5 Å². The number of thiophene rings is 1. The van der Waals surface area contributed by atoms with Gasteiger partial charge in [0.1, 0.15) is 0 Å². The van der Waals surface area contributed by atoms with Gasteiger partial charge in [-0.2, -0.15) is 0 Å². The molecular formula is C13H17NO4S2. The summed E-state index contributed by atoms with van der Waals surface area (Å²) >= 11 is 3.05. The highest BCUT2D eigenvalue weighted by atomic mass is 32.2. The van der Waals surface area contributed by atoms with Gasteiger partial charge in [-0.25, -0.2) is 0 Å². The first-order chi connectivity index (χ1) is 9.62. The van der Waals surface area contributed by atoms with Gasteiger partial charge >= 0.3 is 5.97 Å². The molecule has 110 valence electrons. The summed E-state index contributed by atoms with van der Waals surface area (Å²) in [5.74, 6) is -0.672. The lowest BCUT2D eigenvalue weighted by Crippen LogP contribution is -2.46. The Kier molecular flexibility index (Phi) is 5.45. The Balaban J connectivity index is 1.80. The van der Waals surface area contributed by atoms with Gasteiger partial charge in [0.05, 0.1) is 15.4 Å². The number of hydrogen-bond acceptors (Lipinski definition) is 5. The van der Waals surface area contributed by atoms with Gasteiger partial charge in [0.25, 0.3) is 0 Å². The number of rotatable bonds is 6. The Labute approximate surface area is 125 Å². The average Bonchev–Trinajstić information content (AvgIpc) is 2.97. The van der Waals surface area contributed by atoms with E-state index in [0.29, 0.717) is 31.8 Å². The number of hydrogen-bond donors (Lipinski definition) is 2. The van der Waals surface area contributed by atoms with Crippen LogP contribution in [-0.2, 0) is 14.3 Å². The number of amides is 1. The molecule has 2 N–H and O–H groups in total. The fourth-order valence-corrected chi connectivity index (χ4v) is 3.64. The molecule has 0 radical (unpaired) electrons. The molecule has 20 heavy (non-hydrogen) atoms. The molecule has 5 nitrogen and oxygen atoms in total. The van der Waals surface area contributed by atoms with Crippen molar-refractivity contribution in [2.24, 2.45) is 5.41 Å². The first-order valence-corrected chi connectivity index (χ1v) is 8.23. The predicted octanol–water partition coefficient (Wildman–Crippen LogP) is 1.84. The van der Waals surface area contributed by atoms with Crippen molar-refractivity contribution in [3.05, 3.63) is 17.5 Å². The third-order valence-corrected chi connectivity index (χ3v) is 5.50. The van der Waals surface area contributed by atoms with E-state index in [-0.39, 0.29) is 12.5 Å². The van der Waals surface area contributed by atoms with E-state index in [4.69, 9.17) is 4.74 Å². The summed E-state index contributed by atoms with van der Waals surface area (Å²) in [7, 11) is 0. The minimum Gasteiger partial charge on any atom is -0.481 e. The van der Waals surface area contributed by atoms with E-state index >= 15 is 0 Å². The summed E-state index contributed by atoms with van der Waals surface area (Å²) in [4.78, 5) is 23.2. The molecule has 0 aliphatic carbocycles. The molecule has 1 aromatic rings. The molecule has 0 spiro atoms. The number of carboxylic acids is 1. The van der Waals surface area contributed by atoms with Gasteiger partial charge in [-0.3, -0.25) is 9.59 Å². The number of carbonyl (C=O) groups excluding carboxylic acids is 1. The Morgan fingerprint density at radius 1 is 1.45 bits per heavy atom. The zero-order valence-electron chi connectivity index (χ0n) is 11.0. The third-order valence-electron chi connectivity index (χ3n) is 3.37. The topological polar surface area (TPSA) is 75.6 Å². The summed E-state index contributed by atoms with van der Waals surface area (Å²) in [6, 6.07) is 3.90. The molecule has 1 amide bonds. The van der Waals surface area contributed by atoms with Gasteiger partial charge in [0, 0.05) is 19.8 Å². The molecule has 1 aliphatic rings. The average molecular weight is 315 g/mol. The molecule has 1 aliphatic heterocycles. The van der Waals surface area contributed by atoms with Crippen LogP contribution < -0.4 is 5.32 Å². The summed E-state index contributed by atoms with van der Waals surface area (Å²) in [5.41, 5.74) is -0.874. The third kappa shape index (κ3) is 3.97. The number of nitrogens with one attached hydrogen (secondary N) is 1. The molecule has 7 heteroatoms. The number of aliphatic carboxylic acids is 1. The normalized spacial score (nSPS) is 17.6. The van der Waals surface area contributed by atoms with Crippen LogP contribution in [0.15, 0.2) is 21.7 Å². The lowest BCUT2D eigenvalue weighted by Gasteiger charge is -2.33. The van der Waals surface area contributed by atoms with Crippen molar-refractivity contribution in [1.29, 1.82) is 0 Å². The van der Waals surface area contributed by atoms with Crippen LogP contribution in [0.2, 0.25) is 0 Å². The van der Waals surface area contributed by atoms with Crippen LogP contribution in [0.1, 0.15) is 12.8 Å². The molecule has 1 fully saturated rings. The van der Waals surface area contributed by atoms with Gasteiger partial charge in [-0.05, 0) is 24.3 Å². The van der Waals surface area contributed by atoms with E-state index in [0.717, 1.165) is 4.21 Å². The van der Waals surface area contributed by atoms with E-state index in [1.54, 1.807) is 11.3 Å². The minimum absolute atomic E-state index is 0.129. The van der Waals surface area contributed by atoms with Crippen molar-refractivity contribution >= 4 is 35.0 Å². The van der Waals surface area contributed by atoms with Crippen LogP contribution in [0.25, 0.3) is 0 Å². The highest BCUT2D eigenvalue weighted by Crippen LogP contribution is 2.30. The molecular weight excluding hydrogens is 298 g/mol. The second-order valence-electron chi connectivity index (χ2n) is 4.70. The smallest absolute Gasteiger partial charge is 0.311 e. The standard InChI is InChI=1S/C13H17NO4S2/c15-10(8-20-11-2-1-7-19-11)14-9-13(12(16)17)3-5-18-6-4-13/h1-2,7H,3-6,8-9H2,(H,14,15)(H,16,17). The highest BCUT2D eigenvalue weighted by Gasteiger charge is 2.40. The van der Waals surface area contributed by atoms with E-state index < -0.39 is 11.4 Å². The lowest BCUT2D eigenvalue weighted by molar-refractivity contribution is -0.154. The van der Waals surface area contributed by atoms with Crippen molar-refractivity contribution < 1.29 is 19.4 Å². The Hall–Kier alpha value is -1.05. The van der Waals surface area contributed by atoms with Crippen LogP contribution in [-0.4, -0.2) is 42.5 Å². The lowest BCUT2D eigenvalue weighted by atomic mass is 9.80. The van der Waals surface area contributed by atoms with Gasteiger partial charge in [-0.15, -0.1) is 23.1 Å². The second-order valence-corrected chi connectivity index (χ2v) is 6.92. The quantitative estimate of drug-likeness (QED) is 0.783. The zero-order valence-corrected chi connectivity index (χ0v) is 12.6. The van der Waals surface area contributed by atoms with Crippen LogP contribution in [0.4, 0.5) is 0 Å².